The molecule has 1 rings (SSSR count). The van der Waals surface area contributed by atoms with Gasteiger partial charge in [-0.05, 0) is 0 Å². The summed E-state index contributed by atoms with van der Waals surface area (Å²) in [6.45, 7) is 0. The summed E-state index contributed by atoms with van der Waals surface area (Å²) in [7, 11) is -8.39. The van der Waals surface area contributed by atoms with Crippen LogP contribution in [0, 0.1) is 0 Å². The highest BCUT2D eigenvalue weighted by Gasteiger charge is 2.60. The standard InChI is InChI=1S/C8H10O9S2/c1-18(13,14)3-8(7(11)12)5(19(2,15)16)4(9)6(10)17-8/h9H,3H2,1-2H3,(H,11,12). The second-order valence-electron chi connectivity index (χ2n) is 4.04. The number of esters is 1. The summed E-state index contributed by atoms with van der Waals surface area (Å²) in [5.41, 5.74) is -2.96. The van der Waals surface area contributed by atoms with Crippen molar-refractivity contribution in [1.29, 1.82) is 0 Å². The summed E-state index contributed by atoms with van der Waals surface area (Å²) in [6.07, 6.45) is 1.17. The average Bonchev–Trinajstić information content (AvgIpc) is 2.35. The van der Waals surface area contributed by atoms with Crippen LogP contribution >= 0.6 is 0 Å². The molecule has 0 aromatic carbocycles. The minimum absolute atomic E-state index is 0.528. The molecule has 11 heteroatoms. The van der Waals surface area contributed by atoms with Crippen LogP contribution in [0.3, 0.4) is 0 Å². The maximum absolute atomic E-state index is 11.5. The van der Waals surface area contributed by atoms with Crippen molar-refractivity contribution >= 4 is 31.6 Å². The molecule has 1 heterocycles. The fraction of sp³-hybridized carbons (Fsp3) is 0.500. The van der Waals surface area contributed by atoms with E-state index in [0.717, 1.165) is 0 Å². The summed E-state index contributed by atoms with van der Waals surface area (Å²) in [4.78, 5) is 21.1. The number of rotatable bonds is 4. The van der Waals surface area contributed by atoms with E-state index in [2.05, 4.69) is 4.74 Å². The zero-order chi connectivity index (χ0) is 15.2. The quantitative estimate of drug-likeness (QED) is 0.574. The summed E-state index contributed by atoms with van der Waals surface area (Å²) in [5, 5.41) is 18.4. The smallest absolute Gasteiger partial charge is 0.376 e. The normalized spacial score (nSPS) is 24.4. The van der Waals surface area contributed by atoms with Crippen molar-refractivity contribution in [3.8, 4) is 0 Å². The number of hydrogen-bond acceptors (Lipinski definition) is 8. The van der Waals surface area contributed by atoms with E-state index >= 15 is 0 Å². The largest absolute Gasteiger partial charge is 0.501 e. The number of carbonyl (C=O) groups excluding carboxylic acids is 1. The van der Waals surface area contributed by atoms with Crippen molar-refractivity contribution in [2.45, 2.75) is 5.60 Å². The Morgan fingerprint density at radius 2 is 1.74 bits per heavy atom. The SMILES string of the molecule is CS(=O)(=O)CC1(C(=O)O)OC(=O)C(O)=C1S(C)(=O)=O. The first-order chi connectivity index (χ1) is 8.31. The molecule has 0 bridgehead atoms. The van der Waals surface area contributed by atoms with E-state index in [1.54, 1.807) is 0 Å². The number of sulfone groups is 2. The van der Waals surface area contributed by atoms with Gasteiger partial charge in [-0.15, -0.1) is 0 Å². The van der Waals surface area contributed by atoms with Crippen LogP contribution in [-0.2, 0) is 34.0 Å². The molecule has 9 nitrogen and oxygen atoms in total. The lowest BCUT2D eigenvalue weighted by molar-refractivity contribution is -0.165. The van der Waals surface area contributed by atoms with Gasteiger partial charge >= 0.3 is 11.9 Å². The molecule has 0 saturated heterocycles. The molecule has 0 radical (unpaired) electrons. The van der Waals surface area contributed by atoms with Gasteiger partial charge in [0, 0.05) is 12.5 Å². The van der Waals surface area contributed by atoms with Crippen molar-refractivity contribution < 1.29 is 41.4 Å². The lowest BCUT2D eigenvalue weighted by Crippen LogP contribution is -2.48. The zero-order valence-electron chi connectivity index (χ0n) is 9.78. The second kappa shape index (κ2) is 4.20. The van der Waals surface area contributed by atoms with Crippen LogP contribution in [-0.4, -0.2) is 62.9 Å². The molecule has 1 atom stereocenters. The minimum Gasteiger partial charge on any atom is -0.501 e. The molecular weight excluding hydrogens is 304 g/mol. The number of carbonyl (C=O) groups is 2. The van der Waals surface area contributed by atoms with Crippen molar-refractivity contribution in [3.05, 3.63) is 10.7 Å². The lowest BCUT2D eigenvalue weighted by atomic mass is 10.1. The molecule has 2 N–H and O–H groups in total. The van der Waals surface area contributed by atoms with Crippen molar-refractivity contribution in [1.82, 2.24) is 0 Å². The van der Waals surface area contributed by atoms with Gasteiger partial charge in [0.15, 0.2) is 19.7 Å². The van der Waals surface area contributed by atoms with Crippen LogP contribution in [0.5, 0.6) is 0 Å². The number of ether oxygens (including phenoxy) is 1. The van der Waals surface area contributed by atoms with Gasteiger partial charge in [-0.3, -0.25) is 0 Å². The van der Waals surface area contributed by atoms with E-state index in [4.69, 9.17) is 5.11 Å². The van der Waals surface area contributed by atoms with Crippen molar-refractivity contribution in [3.63, 3.8) is 0 Å². The van der Waals surface area contributed by atoms with Crippen LogP contribution in [0.25, 0.3) is 0 Å². The van der Waals surface area contributed by atoms with E-state index in [0.29, 0.717) is 12.5 Å². The highest BCUT2D eigenvalue weighted by atomic mass is 32.2. The van der Waals surface area contributed by atoms with Crippen molar-refractivity contribution in [2.24, 2.45) is 0 Å². The Labute approximate surface area is 108 Å². The Hall–Kier alpha value is -1.62. The summed E-state index contributed by atoms with van der Waals surface area (Å²) < 4.78 is 49.7. The number of hydrogen-bond donors (Lipinski definition) is 2. The first-order valence-corrected chi connectivity index (χ1v) is 8.55. The number of cyclic esters (lactones) is 1. The molecule has 0 aliphatic carbocycles. The maximum atomic E-state index is 11.5. The predicted molar refractivity (Wildman–Crippen MR) is 60.7 cm³/mol. The Morgan fingerprint density at radius 1 is 1.26 bits per heavy atom. The molecule has 0 aromatic rings. The summed E-state index contributed by atoms with van der Waals surface area (Å²) >= 11 is 0. The first kappa shape index (κ1) is 15.4. The fourth-order valence-corrected chi connectivity index (χ4v) is 4.07. The molecule has 108 valence electrons. The van der Waals surface area contributed by atoms with Gasteiger partial charge in [-0.1, -0.05) is 0 Å². The first-order valence-electron chi connectivity index (χ1n) is 4.59. The summed E-state index contributed by atoms with van der Waals surface area (Å²) in [5.74, 6) is -6.33. The minimum atomic E-state index is -4.37. The predicted octanol–water partition coefficient (Wildman–Crippen LogP) is -1.77. The van der Waals surface area contributed by atoms with E-state index in [-0.39, 0.29) is 0 Å². The fourth-order valence-electron chi connectivity index (χ4n) is 1.68. The van der Waals surface area contributed by atoms with Crippen LogP contribution < -0.4 is 0 Å². The Kier molecular flexibility index (Phi) is 3.41. The van der Waals surface area contributed by atoms with Gasteiger partial charge < -0.3 is 14.9 Å². The van der Waals surface area contributed by atoms with Crippen LogP contribution in [0.2, 0.25) is 0 Å². The molecule has 1 aliphatic rings. The zero-order valence-corrected chi connectivity index (χ0v) is 11.4. The maximum Gasteiger partial charge on any atom is 0.376 e. The number of aliphatic hydroxyl groups is 1. The monoisotopic (exact) mass is 314 g/mol. The van der Waals surface area contributed by atoms with Crippen LogP contribution in [0.4, 0.5) is 0 Å². The number of aliphatic hydroxyl groups excluding tert-OH is 1. The number of carboxylic acids is 1. The lowest BCUT2D eigenvalue weighted by Gasteiger charge is -2.23. The molecular formula is C8H10O9S2. The van der Waals surface area contributed by atoms with Gasteiger partial charge in [-0.2, -0.15) is 0 Å². The van der Waals surface area contributed by atoms with Gasteiger partial charge in [0.25, 0.3) is 5.60 Å². The highest BCUT2D eigenvalue weighted by molar-refractivity contribution is 7.95. The third kappa shape index (κ3) is 2.71. The van der Waals surface area contributed by atoms with Crippen LogP contribution in [0.15, 0.2) is 10.7 Å². The van der Waals surface area contributed by atoms with E-state index in [1.165, 1.54) is 0 Å². The Morgan fingerprint density at radius 3 is 2.05 bits per heavy atom. The third-order valence-corrected chi connectivity index (χ3v) is 4.42. The van der Waals surface area contributed by atoms with Crippen molar-refractivity contribution in [2.75, 3.05) is 18.3 Å². The van der Waals surface area contributed by atoms with Crippen LogP contribution in [0.1, 0.15) is 0 Å². The van der Waals surface area contributed by atoms with Gasteiger partial charge in [0.1, 0.15) is 10.7 Å². The van der Waals surface area contributed by atoms with E-state index in [1.807, 2.05) is 0 Å². The Bertz CT molecular complexity index is 682. The Balaban J connectivity index is 3.68. The van der Waals surface area contributed by atoms with Gasteiger partial charge in [0.2, 0.25) is 5.76 Å². The summed E-state index contributed by atoms with van der Waals surface area (Å²) in [6, 6.07) is 0. The molecule has 0 aromatic heterocycles. The molecule has 0 fully saturated rings. The van der Waals surface area contributed by atoms with E-state index in [9.17, 15) is 31.5 Å². The van der Waals surface area contributed by atoms with E-state index < -0.39 is 53.6 Å². The molecule has 0 saturated carbocycles. The number of aliphatic carboxylic acids is 1. The molecule has 0 spiro atoms. The topological polar surface area (TPSA) is 152 Å². The molecule has 19 heavy (non-hydrogen) atoms. The third-order valence-electron chi connectivity index (χ3n) is 2.22. The highest BCUT2D eigenvalue weighted by Crippen LogP contribution is 2.36. The molecule has 1 aliphatic heterocycles. The van der Waals surface area contributed by atoms with Gasteiger partial charge in [-0.25, -0.2) is 26.4 Å². The molecule has 0 amide bonds. The molecule has 1 unspecified atom stereocenters. The number of carboxylic acid groups (broad SMARTS) is 1. The average molecular weight is 314 g/mol. The van der Waals surface area contributed by atoms with Gasteiger partial charge in [0.05, 0.1) is 0 Å². The second-order valence-corrected chi connectivity index (χ2v) is 8.13.